The monoisotopic (exact) mass is 473 g/mol. The number of carbonyl (C=O) groups is 2. The SMILES string of the molecule is NC(=O)c1cccc(Nc2cc(-c3ccc4c(c3)N(CCN3CCOCC3)C(=O)CO4)ccn2)c1. The molecule has 2 aromatic carbocycles. The first-order chi connectivity index (χ1) is 17.1. The second-order valence-corrected chi connectivity index (χ2v) is 8.47. The number of primary amides is 1. The van der Waals surface area contributed by atoms with E-state index in [4.69, 9.17) is 15.2 Å². The zero-order valence-corrected chi connectivity index (χ0v) is 19.3. The Morgan fingerprint density at radius 1 is 1.03 bits per heavy atom. The number of nitrogens with two attached hydrogens (primary N) is 1. The molecule has 2 aliphatic heterocycles. The van der Waals surface area contributed by atoms with Crippen LogP contribution < -0.4 is 20.7 Å². The maximum absolute atomic E-state index is 12.7. The summed E-state index contributed by atoms with van der Waals surface area (Å²) in [5, 5.41) is 3.22. The molecule has 0 unspecified atom stereocenters. The fourth-order valence-corrected chi connectivity index (χ4v) is 4.27. The van der Waals surface area contributed by atoms with E-state index >= 15 is 0 Å². The van der Waals surface area contributed by atoms with Crippen molar-refractivity contribution >= 4 is 29.0 Å². The fraction of sp³-hybridized carbons (Fsp3) is 0.269. The lowest BCUT2D eigenvalue weighted by Gasteiger charge is -2.33. The average molecular weight is 474 g/mol. The Bertz CT molecular complexity index is 1240. The lowest BCUT2D eigenvalue weighted by Crippen LogP contribution is -2.45. The van der Waals surface area contributed by atoms with E-state index in [1.54, 1.807) is 24.4 Å². The summed E-state index contributed by atoms with van der Waals surface area (Å²) < 4.78 is 11.1. The molecule has 0 radical (unpaired) electrons. The number of fused-ring (bicyclic) bond motifs is 1. The second-order valence-electron chi connectivity index (χ2n) is 8.47. The predicted octanol–water partition coefficient (Wildman–Crippen LogP) is 2.65. The van der Waals surface area contributed by atoms with E-state index in [1.807, 2.05) is 41.3 Å². The van der Waals surface area contributed by atoms with E-state index in [1.165, 1.54) is 0 Å². The van der Waals surface area contributed by atoms with Crippen LogP contribution in [0.25, 0.3) is 11.1 Å². The minimum absolute atomic E-state index is 0.0448. The van der Waals surface area contributed by atoms with Gasteiger partial charge in [0.2, 0.25) is 5.91 Å². The first-order valence-electron chi connectivity index (χ1n) is 11.6. The topological polar surface area (TPSA) is 110 Å². The number of rotatable bonds is 7. The Morgan fingerprint density at radius 2 is 1.86 bits per heavy atom. The number of benzene rings is 2. The summed E-state index contributed by atoms with van der Waals surface area (Å²) in [5.74, 6) is 0.790. The molecule has 0 bridgehead atoms. The number of amides is 2. The summed E-state index contributed by atoms with van der Waals surface area (Å²) in [7, 11) is 0. The number of carbonyl (C=O) groups excluding carboxylic acids is 2. The third-order valence-electron chi connectivity index (χ3n) is 6.16. The van der Waals surface area contributed by atoms with Crippen LogP contribution in [-0.2, 0) is 9.53 Å². The zero-order valence-electron chi connectivity index (χ0n) is 19.3. The summed E-state index contributed by atoms with van der Waals surface area (Å²) in [6.45, 7) is 4.63. The summed E-state index contributed by atoms with van der Waals surface area (Å²) in [5.41, 5.74) is 9.16. The second kappa shape index (κ2) is 10.1. The summed E-state index contributed by atoms with van der Waals surface area (Å²) in [6, 6.07) is 16.7. The molecule has 35 heavy (non-hydrogen) atoms. The minimum Gasteiger partial charge on any atom is -0.482 e. The number of hydrogen-bond acceptors (Lipinski definition) is 7. The first-order valence-corrected chi connectivity index (χ1v) is 11.6. The number of aromatic nitrogens is 1. The summed E-state index contributed by atoms with van der Waals surface area (Å²) >= 11 is 0. The van der Waals surface area contributed by atoms with E-state index in [-0.39, 0.29) is 12.5 Å². The molecule has 5 rings (SSSR count). The molecule has 0 saturated carbocycles. The molecule has 0 atom stereocenters. The van der Waals surface area contributed by atoms with Crippen molar-refractivity contribution in [3.8, 4) is 16.9 Å². The first kappa shape index (κ1) is 22.8. The van der Waals surface area contributed by atoms with E-state index in [2.05, 4.69) is 15.2 Å². The Morgan fingerprint density at radius 3 is 2.69 bits per heavy atom. The van der Waals surface area contributed by atoms with Crippen LogP contribution in [0.1, 0.15) is 10.4 Å². The van der Waals surface area contributed by atoms with Crippen molar-refractivity contribution in [3.63, 3.8) is 0 Å². The Kier molecular flexibility index (Phi) is 6.60. The molecular weight excluding hydrogens is 446 g/mol. The van der Waals surface area contributed by atoms with E-state index < -0.39 is 5.91 Å². The van der Waals surface area contributed by atoms with Crippen molar-refractivity contribution in [2.75, 3.05) is 56.2 Å². The van der Waals surface area contributed by atoms with Crippen LogP contribution in [0.15, 0.2) is 60.8 Å². The lowest BCUT2D eigenvalue weighted by atomic mass is 10.0. The molecule has 2 amide bonds. The van der Waals surface area contributed by atoms with Crippen molar-refractivity contribution in [1.82, 2.24) is 9.88 Å². The number of pyridine rings is 1. The maximum Gasteiger partial charge on any atom is 0.265 e. The van der Waals surface area contributed by atoms with Gasteiger partial charge in [0.1, 0.15) is 11.6 Å². The molecule has 3 N–H and O–H groups in total. The van der Waals surface area contributed by atoms with Crippen LogP contribution in [0.3, 0.4) is 0 Å². The molecule has 2 aliphatic rings. The third kappa shape index (κ3) is 5.26. The van der Waals surface area contributed by atoms with Gasteiger partial charge in [-0.05, 0) is 53.6 Å². The molecule has 9 nitrogen and oxygen atoms in total. The van der Waals surface area contributed by atoms with Crippen LogP contribution in [-0.4, -0.2) is 67.7 Å². The molecule has 3 heterocycles. The van der Waals surface area contributed by atoms with Gasteiger partial charge in [-0.25, -0.2) is 4.98 Å². The summed E-state index contributed by atoms with van der Waals surface area (Å²) in [4.78, 5) is 32.7. The van der Waals surface area contributed by atoms with Crippen molar-refractivity contribution < 1.29 is 19.1 Å². The van der Waals surface area contributed by atoms with Crippen molar-refractivity contribution in [2.24, 2.45) is 5.73 Å². The molecule has 9 heteroatoms. The zero-order chi connectivity index (χ0) is 24.2. The van der Waals surface area contributed by atoms with Gasteiger partial charge in [-0.3, -0.25) is 14.5 Å². The van der Waals surface area contributed by atoms with Crippen molar-refractivity contribution in [1.29, 1.82) is 0 Å². The highest BCUT2D eigenvalue weighted by molar-refractivity contribution is 5.98. The number of nitrogens with zero attached hydrogens (tertiary/aromatic N) is 3. The van der Waals surface area contributed by atoms with Gasteiger partial charge in [0.15, 0.2) is 6.61 Å². The van der Waals surface area contributed by atoms with E-state index in [9.17, 15) is 9.59 Å². The number of anilines is 3. The molecule has 180 valence electrons. The standard InChI is InChI=1S/C26H27N5O4/c27-26(33)20-2-1-3-21(14-20)29-24-16-19(6-7-28-24)18-4-5-23-22(15-18)31(25(32)17-35-23)9-8-30-10-12-34-13-11-30/h1-7,14-16H,8-13,17H2,(H2,27,33)(H,28,29). The van der Waals surface area contributed by atoms with Crippen LogP contribution in [0.5, 0.6) is 5.75 Å². The molecule has 0 spiro atoms. The third-order valence-corrected chi connectivity index (χ3v) is 6.16. The van der Waals surface area contributed by atoms with Gasteiger partial charge < -0.3 is 25.4 Å². The highest BCUT2D eigenvalue weighted by Gasteiger charge is 2.26. The van der Waals surface area contributed by atoms with Crippen molar-refractivity contribution in [2.45, 2.75) is 0 Å². The lowest BCUT2D eigenvalue weighted by molar-refractivity contribution is -0.121. The van der Waals surface area contributed by atoms with Gasteiger partial charge in [0.05, 0.1) is 18.9 Å². The number of morpholine rings is 1. The highest BCUT2D eigenvalue weighted by Crippen LogP contribution is 2.36. The number of ether oxygens (including phenoxy) is 2. The van der Waals surface area contributed by atoms with E-state index in [0.717, 1.165) is 49.7 Å². The Hall–Kier alpha value is -3.95. The molecule has 1 aromatic heterocycles. The van der Waals surface area contributed by atoms with Gasteiger partial charge in [-0.2, -0.15) is 0 Å². The van der Waals surface area contributed by atoms with Gasteiger partial charge in [-0.15, -0.1) is 0 Å². The molecular formula is C26H27N5O4. The average Bonchev–Trinajstić information content (AvgIpc) is 2.89. The smallest absolute Gasteiger partial charge is 0.265 e. The van der Waals surface area contributed by atoms with Gasteiger partial charge in [0.25, 0.3) is 5.91 Å². The van der Waals surface area contributed by atoms with Gasteiger partial charge in [-0.1, -0.05) is 12.1 Å². The Labute approximate surface area is 203 Å². The number of nitrogens with one attached hydrogen (secondary N) is 1. The number of hydrogen-bond donors (Lipinski definition) is 2. The maximum atomic E-state index is 12.7. The molecule has 0 aliphatic carbocycles. The molecule has 1 saturated heterocycles. The van der Waals surface area contributed by atoms with Crippen LogP contribution in [0, 0.1) is 0 Å². The minimum atomic E-state index is -0.487. The highest BCUT2D eigenvalue weighted by atomic mass is 16.5. The largest absolute Gasteiger partial charge is 0.482 e. The van der Waals surface area contributed by atoms with Crippen molar-refractivity contribution in [3.05, 3.63) is 66.4 Å². The molecule has 1 fully saturated rings. The van der Waals surface area contributed by atoms with Gasteiger partial charge >= 0.3 is 0 Å². The summed E-state index contributed by atoms with van der Waals surface area (Å²) in [6.07, 6.45) is 1.72. The van der Waals surface area contributed by atoms with Crippen LogP contribution in [0.4, 0.5) is 17.2 Å². The quantitative estimate of drug-likeness (QED) is 0.543. The fourth-order valence-electron chi connectivity index (χ4n) is 4.27. The van der Waals surface area contributed by atoms with Gasteiger partial charge in [0, 0.05) is 43.6 Å². The van der Waals surface area contributed by atoms with E-state index in [0.29, 0.717) is 29.4 Å². The van der Waals surface area contributed by atoms with Crippen LogP contribution in [0.2, 0.25) is 0 Å². The molecule has 3 aromatic rings. The van der Waals surface area contributed by atoms with Crippen LogP contribution >= 0.6 is 0 Å². The predicted molar refractivity (Wildman–Crippen MR) is 133 cm³/mol. The Balaban J connectivity index is 1.37. The normalized spacial score (nSPS) is 15.9.